The van der Waals surface area contributed by atoms with Crippen LogP contribution in [0.1, 0.15) is 59.1 Å². The third kappa shape index (κ3) is 19.5. The summed E-state index contributed by atoms with van der Waals surface area (Å²) < 4.78 is 29.1. The summed E-state index contributed by atoms with van der Waals surface area (Å²) in [5.41, 5.74) is -7.02. The fourth-order valence-electron chi connectivity index (χ4n) is 19.3. The number of fused-ring (bicyclic) bond motifs is 15. The Hall–Kier alpha value is -16.2. The van der Waals surface area contributed by atoms with Crippen LogP contribution in [0, 0.1) is 47.3 Å². The summed E-state index contributed by atoms with van der Waals surface area (Å²) in [5.74, 6) is -20.2. The van der Waals surface area contributed by atoms with Crippen LogP contribution in [0.4, 0.5) is 33.6 Å². The molecule has 780 valence electrons. The highest BCUT2D eigenvalue weighted by Gasteiger charge is 2.70. The van der Waals surface area contributed by atoms with E-state index >= 15 is 0 Å². The zero-order valence-electron chi connectivity index (χ0n) is 75.1. The summed E-state index contributed by atoms with van der Waals surface area (Å²) in [5, 5.41) is 53.6. The van der Waals surface area contributed by atoms with Crippen molar-refractivity contribution in [2.24, 2.45) is 47.3 Å². The highest BCUT2D eigenvalue weighted by atomic mass is 35.5. The Bertz CT molecular complexity index is 6390. The fourth-order valence-corrected chi connectivity index (χ4v) is 22.0. The molecule has 6 aromatic carbocycles. The van der Waals surface area contributed by atoms with Gasteiger partial charge in [0.15, 0.2) is 46.5 Å². The van der Waals surface area contributed by atoms with E-state index in [1.54, 1.807) is 182 Å². The maximum atomic E-state index is 13.8. The van der Waals surface area contributed by atoms with Gasteiger partial charge >= 0.3 is 39.5 Å². The van der Waals surface area contributed by atoms with Crippen LogP contribution in [0.3, 0.4) is 0 Å². The van der Waals surface area contributed by atoms with Crippen molar-refractivity contribution in [2.45, 2.75) is 101 Å². The van der Waals surface area contributed by atoms with Gasteiger partial charge in [-0.1, -0.05) is 244 Å². The van der Waals surface area contributed by atoms with E-state index in [2.05, 4.69) is 33.9 Å². The van der Waals surface area contributed by atoms with Gasteiger partial charge in [0.05, 0.1) is 77.5 Å². The number of carbonyl (C=O) groups excluding carboxylic acids is 25. The maximum Gasteiger partial charge on any atom is 0.560 e. The lowest BCUT2D eigenvalue weighted by atomic mass is 9.73. The molecule has 11 saturated heterocycles. The minimum absolute atomic E-state index is 0.0787. The largest absolute Gasteiger partial charge is 0.560 e. The van der Waals surface area contributed by atoms with Crippen LogP contribution in [0.5, 0.6) is 0 Å². The molecule has 6 N–H and O–H groups in total. The Balaban J connectivity index is 0.000000136. The van der Waals surface area contributed by atoms with Crippen LogP contribution in [0.15, 0.2) is 218 Å². The Morgan fingerprint density at radius 2 is 0.453 bits per heavy atom. The maximum absolute atomic E-state index is 13.8. The van der Waals surface area contributed by atoms with Crippen LogP contribution < -0.4 is 0 Å². The molecule has 52 nitrogen and oxygen atoms in total. The van der Waals surface area contributed by atoms with E-state index in [0.29, 0.717) is 58.7 Å². The van der Waals surface area contributed by atoms with Crippen molar-refractivity contribution in [2.75, 3.05) is 0 Å². The number of nitrogens with zero attached hydrogens (tertiary/aromatic N) is 9. The molecule has 0 spiro atoms. The molecule has 18 unspecified atom stereocenters. The number of hydroxylamine groups is 18. The molecule has 6 bridgehead atoms. The molecule has 150 heavy (non-hydrogen) atoms. The zero-order valence-corrected chi connectivity index (χ0v) is 79.7. The molecule has 21 rings (SSSR count). The van der Waals surface area contributed by atoms with E-state index < -0.39 is 255 Å². The van der Waals surface area contributed by atoms with E-state index in [-0.39, 0.29) is 63.2 Å². The molecule has 18 atom stereocenters. The summed E-state index contributed by atoms with van der Waals surface area (Å²) in [6, 6.07) is 52.6. The first-order chi connectivity index (χ1) is 71.1. The minimum atomic E-state index is -3.52. The van der Waals surface area contributed by atoms with Crippen molar-refractivity contribution in [1.29, 1.82) is 0 Å². The third-order valence-electron chi connectivity index (χ3n) is 25.9. The van der Waals surface area contributed by atoms with Crippen molar-refractivity contribution < 1.29 is 207 Å². The molecule has 1 saturated carbocycles. The van der Waals surface area contributed by atoms with Gasteiger partial charge in [0.25, 0.3) is 106 Å². The highest BCUT2D eigenvalue weighted by Crippen LogP contribution is 2.55. The Labute approximate surface area is 862 Å². The molecule has 15 aliphatic rings. The van der Waals surface area contributed by atoms with E-state index in [0.717, 1.165) is 6.42 Å². The van der Waals surface area contributed by atoms with Crippen molar-refractivity contribution in [3.05, 3.63) is 252 Å². The first-order valence-electron chi connectivity index (χ1n) is 43.5. The predicted octanol–water partition coefficient (Wildman–Crippen LogP) is 1.91. The number of rotatable bonds is 15. The lowest BCUT2D eigenvalue weighted by Crippen LogP contribution is -2.43. The van der Waals surface area contributed by atoms with E-state index in [4.69, 9.17) is 103 Å². The molecular formula is C92H68Cl5N9O43S. The normalized spacial score (nSPS) is 27.7. The van der Waals surface area contributed by atoms with E-state index in [9.17, 15) is 128 Å². The van der Waals surface area contributed by atoms with E-state index in [1.807, 2.05) is 24.3 Å². The number of amides is 18. The quantitative estimate of drug-likeness (QED) is 0.0486. The van der Waals surface area contributed by atoms with Gasteiger partial charge in [-0.3, -0.25) is 106 Å². The third-order valence-corrected chi connectivity index (χ3v) is 28.6. The summed E-state index contributed by atoms with van der Waals surface area (Å²) >= 11 is 24.8. The van der Waals surface area contributed by atoms with Gasteiger partial charge in [0.1, 0.15) is 16.2 Å². The molecule has 12 fully saturated rings. The number of halogens is 5. The van der Waals surface area contributed by atoms with Crippen molar-refractivity contribution in [1.82, 2.24) is 45.6 Å². The summed E-state index contributed by atoms with van der Waals surface area (Å²) in [6.07, 6.45) is -6.45. The second-order valence-corrected chi connectivity index (χ2v) is 37.7. The van der Waals surface area contributed by atoms with Gasteiger partial charge in [-0.15, -0.1) is 20.3 Å². The van der Waals surface area contributed by atoms with Gasteiger partial charge in [0.2, 0.25) is 0 Å². The molecule has 0 aromatic heterocycles. The van der Waals surface area contributed by atoms with E-state index in [1.165, 1.54) is 12.2 Å². The SMILES string of the molecule is O=C(Cl)ON1C(=O)C(O)C(O)C1=O.O=C(Cl)ON1C(=O)C2C(C1=O)C1C=CC2S1(=O)=O.O=C(Cl)ON1C(=O)C2C3C=CC(C3)C2C1=O.O=C(Cl)ON1C(=O)C2C3C=CC(O3)C2C1=O.O=C(Cl)ON1C(=O)CC(c2ccccc2)(c2ccccc2)C1=O.O=C(ON1C(=O)C(O)C(O)C1=O)ON1C(=O)C(O)C(O)C1=O.O=C(ON1C(=O)CC(c2ccccc2)(c2ccccc2)C1=O)ON1C(=O)CC(c2ccccc2)(c2ccccc2)C1=O. The molecule has 13 aliphatic heterocycles. The first kappa shape index (κ1) is 108. The number of allylic oxidation sites excluding steroid dienone is 2. The average molecular weight is 2200 g/mol. The number of imide groups is 9. The monoisotopic (exact) mass is 2190 g/mol. The highest BCUT2D eigenvalue weighted by molar-refractivity contribution is 7.93. The number of carbonyl (C=O) groups is 25. The number of hydrogen-bond acceptors (Lipinski definition) is 43. The van der Waals surface area contributed by atoms with Gasteiger partial charge < -0.3 is 59.6 Å². The average Bonchev–Trinajstić information content (AvgIpc) is 1.53. The summed E-state index contributed by atoms with van der Waals surface area (Å²) in [4.78, 5) is 334. The Morgan fingerprint density at radius 3 is 0.687 bits per heavy atom. The first-order valence-corrected chi connectivity index (χ1v) is 47.0. The van der Waals surface area contributed by atoms with Crippen LogP contribution in [0.2, 0.25) is 0 Å². The van der Waals surface area contributed by atoms with Gasteiger partial charge in [-0.2, -0.15) is 9.59 Å². The number of sulfone groups is 1. The fraction of sp³-hybridized carbons (Fsp3) is 0.272. The molecule has 0 radical (unpaired) electrons. The molecule has 58 heteroatoms. The molecule has 2 aliphatic carbocycles. The van der Waals surface area contributed by atoms with Crippen LogP contribution in [0.25, 0.3) is 0 Å². The van der Waals surface area contributed by atoms with Crippen LogP contribution in [-0.4, -0.2) is 290 Å². The van der Waals surface area contributed by atoms with Crippen LogP contribution in [-0.2, 0) is 161 Å². The minimum Gasteiger partial charge on any atom is -0.380 e. The van der Waals surface area contributed by atoms with Gasteiger partial charge in [-0.05, 0) is 51.6 Å². The molecule has 13 heterocycles. The second-order valence-electron chi connectivity index (χ2n) is 33.9. The lowest BCUT2D eigenvalue weighted by Gasteiger charge is -2.28. The second kappa shape index (κ2) is 42.9. The zero-order chi connectivity index (χ0) is 109. The Morgan fingerprint density at radius 1 is 0.260 bits per heavy atom. The van der Waals surface area contributed by atoms with Crippen LogP contribution >= 0.6 is 58.0 Å². The molecule has 6 aromatic rings. The predicted molar refractivity (Wildman–Crippen MR) is 479 cm³/mol. The number of ether oxygens (including phenoxy) is 1. The number of aliphatic hydroxyl groups excluding tert-OH is 6. The summed E-state index contributed by atoms with van der Waals surface area (Å²) in [6.45, 7) is 0. The Kier molecular flexibility index (Phi) is 30.9. The standard InChI is InChI=1S/C33H24N2O7.C17H12ClNO4.C10H8ClNO4.C9H6ClNO6S.C9H6ClNO5.C9H8N2O11.C5H4ClNO6/c36-27-21-32(23-13-5-1-6-14-23,24-15-7-2-8-16-24)29(38)34(27)41-31(40)42-35-28(37)22-33(30(35)39,25-17-9-3-10-18-25)26-19-11-4-12-20-26;18-16(22)23-19-14(20)11-17(15(19)21,12-7-3-1-4-8-12)13-9-5-2-6-10-13;11-10(15)16-12-8(13)6-4-1-2-5(3-4)7(6)9(12)14;10-9(14)17-11-7(12)5-3-1-2-4(18(3,15)16)6(5)8(11)13;10-9(14)16-11-7(12)5-3-1-2-4(15-3)6(5)8(11)13;12-1-2(13)6(17)10(5(1)16)21-9(20)22-11-7(18)3(14)4(15)8(11)19;6-5(12)13-7-3(10)1(8)2(9)4(7)11/h1-20H,21-22H2;1-10H,11H2;1-2,4-7H,3H2;1-6H;1-6H;1-4,12-15H;1-2,8-9H. The number of benzene rings is 6. The smallest absolute Gasteiger partial charge is 0.380 e. The summed E-state index contributed by atoms with van der Waals surface area (Å²) in [7, 11) is -3.52. The molecule has 18 amide bonds. The van der Waals surface area contributed by atoms with Crippen molar-refractivity contribution in [3.63, 3.8) is 0 Å². The molecular weight excluding hydrogens is 2130 g/mol. The van der Waals surface area contributed by atoms with Crippen molar-refractivity contribution in [3.8, 4) is 0 Å². The van der Waals surface area contributed by atoms with Gasteiger partial charge in [0, 0.05) is 58.0 Å². The topological polar surface area (TPSA) is 704 Å². The van der Waals surface area contributed by atoms with Crippen molar-refractivity contribution >= 4 is 214 Å². The lowest BCUT2D eigenvalue weighted by molar-refractivity contribution is -0.202. The number of hydrogen-bond donors (Lipinski definition) is 6. The number of aliphatic hydroxyl groups is 6. The van der Waals surface area contributed by atoms with Gasteiger partial charge in [-0.25, -0.2) is 32.4 Å².